The molecule has 1 unspecified atom stereocenters. The first kappa shape index (κ1) is 11.5. The van der Waals surface area contributed by atoms with Crippen molar-refractivity contribution in [3.05, 3.63) is 22.3 Å². The van der Waals surface area contributed by atoms with Crippen LogP contribution in [0.5, 0.6) is 0 Å². The van der Waals surface area contributed by atoms with Crippen LogP contribution in [0.25, 0.3) is 0 Å². The molecule has 0 saturated carbocycles. The summed E-state index contributed by atoms with van der Waals surface area (Å²) in [6.07, 6.45) is 1.01. The van der Waals surface area contributed by atoms with Crippen molar-refractivity contribution in [3.63, 3.8) is 0 Å². The molecule has 0 aliphatic heterocycles. The molecule has 1 heterocycles. The van der Waals surface area contributed by atoms with Crippen LogP contribution in [-0.2, 0) is 0 Å². The van der Waals surface area contributed by atoms with Crippen LogP contribution < -0.4 is 11.1 Å². The zero-order valence-electron chi connectivity index (χ0n) is 8.55. The van der Waals surface area contributed by atoms with Crippen molar-refractivity contribution in [2.24, 2.45) is 5.73 Å². The number of nitrogens with zero attached hydrogens (tertiary/aromatic N) is 1. The Balaban J connectivity index is 2.72. The van der Waals surface area contributed by atoms with Crippen LogP contribution in [-0.4, -0.2) is 17.6 Å². The normalized spacial score (nSPS) is 12.6. The fourth-order valence-electron chi connectivity index (χ4n) is 1.16. The van der Waals surface area contributed by atoms with Crippen molar-refractivity contribution in [1.29, 1.82) is 0 Å². The number of nitrogens with two attached hydrogens (primary N) is 1. The van der Waals surface area contributed by atoms with Crippen molar-refractivity contribution in [2.45, 2.75) is 26.3 Å². The third-order valence-electron chi connectivity index (χ3n) is 2.15. The summed E-state index contributed by atoms with van der Waals surface area (Å²) in [5.41, 5.74) is 6.59. The van der Waals surface area contributed by atoms with Crippen LogP contribution in [0.1, 0.15) is 19.0 Å². The van der Waals surface area contributed by atoms with Gasteiger partial charge < -0.3 is 11.1 Å². The van der Waals surface area contributed by atoms with Gasteiger partial charge in [-0.05, 0) is 41.4 Å². The topological polar surface area (TPSA) is 50.9 Å². The van der Waals surface area contributed by atoms with Crippen molar-refractivity contribution in [3.8, 4) is 0 Å². The smallest absolute Gasteiger partial charge is 0.126 e. The SMILES string of the molecule is CCC(CN)Nc1ccc(Br)c(C)n1. The number of rotatable bonds is 4. The maximum Gasteiger partial charge on any atom is 0.126 e. The van der Waals surface area contributed by atoms with Gasteiger partial charge in [0.2, 0.25) is 0 Å². The molecule has 14 heavy (non-hydrogen) atoms. The molecule has 0 amide bonds. The van der Waals surface area contributed by atoms with Crippen LogP contribution in [0, 0.1) is 6.92 Å². The van der Waals surface area contributed by atoms with Crippen LogP contribution in [0.4, 0.5) is 5.82 Å². The summed E-state index contributed by atoms with van der Waals surface area (Å²) in [4.78, 5) is 4.39. The summed E-state index contributed by atoms with van der Waals surface area (Å²) in [5, 5.41) is 3.29. The van der Waals surface area contributed by atoms with Gasteiger partial charge in [0.15, 0.2) is 0 Å². The molecule has 0 aromatic carbocycles. The van der Waals surface area contributed by atoms with E-state index in [0.717, 1.165) is 22.4 Å². The van der Waals surface area contributed by atoms with E-state index in [2.05, 4.69) is 33.2 Å². The Morgan fingerprint density at radius 1 is 1.57 bits per heavy atom. The summed E-state index contributed by atoms with van der Waals surface area (Å²) < 4.78 is 1.03. The second-order valence-electron chi connectivity index (χ2n) is 3.25. The quantitative estimate of drug-likeness (QED) is 0.871. The molecule has 0 bridgehead atoms. The molecule has 1 rings (SSSR count). The molecular formula is C10H16BrN3. The minimum atomic E-state index is 0.308. The predicted octanol–water partition coefficient (Wildman–Crippen LogP) is 2.30. The lowest BCUT2D eigenvalue weighted by Crippen LogP contribution is -2.28. The molecule has 4 heteroatoms. The van der Waals surface area contributed by atoms with Gasteiger partial charge in [0.25, 0.3) is 0 Å². The molecule has 1 atom stereocenters. The van der Waals surface area contributed by atoms with E-state index >= 15 is 0 Å². The first-order valence-corrected chi connectivity index (χ1v) is 5.56. The average Bonchev–Trinajstić information content (AvgIpc) is 2.19. The first-order valence-electron chi connectivity index (χ1n) is 4.77. The second-order valence-corrected chi connectivity index (χ2v) is 4.10. The fraction of sp³-hybridized carbons (Fsp3) is 0.500. The highest BCUT2D eigenvalue weighted by atomic mass is 79.9. The number of aromatic nitrogens is 1. The third kappa shape index (κ3) is 2.96. The lowest BCUT2D eigenvalue weighted by Gasteiger charge is -2.15. The van der Waals surface area contributed by atoms with Gasteiger partial charge in [-0.15, -0.1) is 0 Å². The summed E-state index contributed by atoms with van der Waals surface area (Å²) >= 11 is 3.41. The van der Waals surface area contributed by atoms with Gasteiger partial charge in [-0.1, -0.05) is 6.92 Å². The molecule has 0 radical (unpaired) electrons. The van der Waals surface area contributed by atoms with Crippen LogP contribution in [0.3, 0.4) is 0 Å². The highest BCUT2D eigenvalue weighted by Gasteiger charge is 2.04. The van der Waals surface area contributed by atoms with E-state index in [-0.39, 0.29) is 0 Å². The molecule has 0 spiro atoms. The van der Waals surface area contributed by atoms with Gasteiger partial charge in [-0.3, -0.25) is 0 Å². The number of anilines is 1. The summed E-state index contributed by atoms with van der Waals surface area (Å²) in [6.45, 7) is 4.71. The summed E-state index contributed by atoms with van der Waals surface area (Å²) in [7, 11) is 0. The van der Waals surface area contributed by atoms with E-state index in [4.69, 9.17) is 5.73 Å². The number of aryl methyl sites for hydroxylation is 1. The molecule has 78 valence electrons. The number of hydrogen-bond donors (Lipinski definition) is 2. The zero-order chi connectivity index (χ0) is 10.6. The van der Waals surface area contributed by atoms with E-state index in [0.29, 0.717) is 12.6 Å². The van der Waals surface area contributed by atoms with Crippen molar-refractivity contribution in [2.75, 3.05) is 11.9 Å². The Morgan fingerprint density at radius 3 is 2.79 bits per heavy atom. The van der Waals surface area contributed by atoms with Crippen LogP contribution >= 0.6 is 15.9 Å². The molecule has 0 aliphatic carbocycles. The molecule has 0 fully saturated rings. The summed E-state index contributed by atoms with van der Waals surface area (Å²) in [5.74, 6) is 0.892. The van der Waals surface area contributed by atoms with Gasteiger partial charge in [0, 0.05) is 17.1 Å². The van der Waals surface area contributed by atoms with Gasteiger partial charge in [-0.25, -0.2) is 4.98 Å². The second kappa shape index (κ2) is 5.32. The summed E-state index contributed by atoms with van der Waals surface area (Å²) in [6, 6.07) is 4.26. The largest absolute Gasteiger partial charge is 0.366 e. The zero-order valence-corrected chi connectivity index (χ0v) is 10.1. The average molecular weight is 258 g/mol. The molecule has 3 N–H and O–H groups in total. The van der Waals surface area contributed by atoms with E-state index in [1.807, 2.05) is 19.1 Å². The monoisotopic (exact) mass is 257 g/mol. The minimum Gasteiger partial charge on any atom is -0.366 e. The van der Waals surface area contributed by atoms with E-state index in [1.54, 1.807) is 0 Å². The molecule has 3 nitrogen and oxygen atoms in total. The number of halogens is 1. The van der Waals surface area contributed by atoms with Crippen molar-refractivity contribution in [1.82, 2.24) is 4.98 Å². The van der Waals surface area contributed by atoms with Gasteiger partial charge in [0.1, 0.15) is 5.82 Å². The molecule has 0 saturated heterocycles. The number of pyridine rings is 1. The van der Waals surface area contributed by atoms with E-state index < -0.39 is 0 Å². The van der Waals surface area contributed by atoms with Crippen LogP contribution in [0.2, 0.25) is 0 Å². The first-order chi connectivity index (χ1) is 6.67. The van der Waals surface area contributed by atoms with Gasteiger partial charge >= 0.3 is 0 Å². The molecular weight excluding hydrogens is 242 g/mol. The maximum absolute atomic E-state index is 5.60. The Bertz CT molecular complexity index is 297. The van der Waals surface area contributed by atoms with Crippen LogP contribution in [0.15, 0.2) is 16.6 Å². The number of hydrogen-bond acceptors (Lipinski definition) is 3. The Kier molecular flexibility index (Phi) is 4.35. The van der Waals surface area contributed by atoms with Crippen molar-refractivity contribution < 1.29 is 0 Å². The highest BCUT2D eigenvalue weighted by Crippen LogP contribution is 2.16. The van der Waals surface area contributed by atoms with E-state index in [1.165, 1.54) is 0 Å². The van der Waals surface area contributed by atoms with Crippen molar-refractivity contribution >= 4 is 21.7 Å². The lowest BCUT2D eigenvalue weighted by molar-refractivity contribution is 0.699. The maximum atomic E-state index is 5.60. The van der Waals surface area contributed by atoms with Gasteiger partial charge in [0.05, 0.1) is 5.69 Å². The molecule has 0 aliphatic rings. The number of nitrogens with one attached hydrogen (secondary N) is 1. The highest BCUT2D eigenvalue weighted by molar-refractivity contribution is 9.10. The molecule has 1 aromatic heterocycles. The third-order valence-corrected chi connectivity index (χ3v) is 2.99. The Morgan fingerprint density at radius 2 is 2.29 bits per heavy atom. The van der Waals surface area contributed by atoms with Gasteiger partial charge in [-0.2, -0.15) is 0 Å². The standard InChI is InChI=1S/C10H16BrN3/c1-3-8(6-12)14-10-5-4-9(11)7(2)13-10/h4-5,8H,3,6,12H2,1-2H3,(H,13,14). The Labute approximate surface area is 93.2 Å². The predicted molar refractivity (Wildman–Crippen MR) is 63.4 cm³/mol. The molecule has 1 aromatic rings. The lowest BCUT2D eigenvalue weighted by atomic mass is 10.2. The minimum absolute atomic E-state index is 0.308. The fourth-order valence-corrected chi connectivity index (χ4v) is 1.38. The van der Waals surface area contributed by atoms with E-state index in [9.17, 15) is 0 Å². The Hall–Kier alpha value is -0.610.